The Labute approximate surface area is 145 Å². The number of imidazole rings is 1. The number of carboxylic acid groups (broad SMARTS) is 1. The first kappa shape index (κ1) is 15.7. The van der Waals surface area contributed by atoms with E-state index in [1.165, 1.54) is 0 Å². The molecule has 3 rings (SSSR count). The molecule has 2 heterocycles. The third-order valence-corrected chi connectivity index (χ3v) is 4.30. The van der Waals surface area contributed by atoms with Crippen molar-refractivity contribution in [3.63, 3.8) is 0 Å². The van der Waals surface area contributed by atoms with E-state index in [0.717, 1.165) is 11.3 Å². The monoisotopic (exact) mass is 391 g/mol. The van der Waals surface area contributed by atoms with Crippen LogP contribution in [0.25, 0.3) is 17.2 Å². The summed E-state index contributed by atoms with van der Waals surface area (Å²) in [6, 6.07) is 10.8. The third kappa shape index (κ3) is 2.87. The van der Waals surface area contributed by atoms with Crippen LogP contribution in [0.1, 0.15) is 16.1 Å². The molecular formula is C16H11BrClN3O2. The van der Waals surface area contributed by atoms with E-state index in [1.807, 2.05) is 19.1 Å². The summed E-state index contributed by atoms with van der Waals surface area (Å²) in [6.45, 7) is 1.92. The van der Waals surface area contributed by atoms with Crippen LogP contribution in [0.2, 0.25) is 5.02 Å². The second-order valence-electron chi connectivity index (χ2n) is 4.86. The van der Waals surface area contributed by atoms with E-state index in [1.54, 1.807) is 35.0 Å². The lowest BCUT2D eigenvalue weighted by atomic mass is 10.2. The predicted octanol–water partition coefficient (Wildman–Crippen LogP) is 4.36. The minimum Gasteiger partial charge on any atom is -0.476 e. The average molecular weight is 393 g/mol. The Kier molecular flexibility index (Phi) is 4.19. The largest absolute Gasteiger partial charge is 0.476 e. The highest BCUT2D eigenvalue weighted by Gasteiger charge is 2.23. The van der Waals surface area contributed by atoms with Gasteiger partial charge < -0.3 is 5.11 Å². The van der Waals surface area contributed by atoms with Gasteiger partial charge in [0.25, 0.3) is 0 Å². The molecule has 0 bridgehead atoms. The second-order valence-corrected chi connectivity index (χ2v) is 6.05. The van der Waals surface area contributed by atoms with Crippen molar-refractivity contribution in [1.29, 1.82) is 0 Å². The van der Waals surface area contributed by atoms with E-state index in [2.05, 4.69) is 25.9 Å². The number of hydrogen-bond donors (Lipinski definition) is 1. The van der Waals surface area contributed by atoms with Gasteiger partial charge in [-0.25, -0.2) is 9.78 Å². The van der Waals surface area contributed by atoms with Gasteiger partial charge in [-0.3, -0.25) is 9.55 Å². The van der Waals surface area contributed by atoms with Crippen LogP contribution in [0.4, 0.5) is 0 Å². The van der Waals surface area contributed by atoms with Gasteiger partial charge >= 0.3 is 5.97 Å². The Balaban J connectivity index is 2.35. The van der Waals surface area contributed by atoms with Crippen LogP contribution in [0, 0.1) is 6.92 Å². The molecule has 3 aromatic rings. The van der Waals surface area contributed by atoms with Crippen molar-refractivity contribution in [1.82, 2.24) is 14.5 Å². The van der Waals surface area contributed by atoms with Gasteiger partial charge in [-0.15, -0.1) is 0 Å². The van der Waals surface area contributed by atoms with Gasteiger partial charge in [0.05, 0.1) is 5.69 Å². The zero-order chi connectivity index (χ0) is 16.6. The lowest BCUT2D eigenvalue weighted by Crippen LogP contribution is -2.02. The number of pyridine rings is 1. The molecule has 0 aliphatic carbocycles. The van der Waals surface area contributed by atoms with Crippen LogP contribution in [0.15, 0.2) is 47.2 Å². The number of rotatable bonds is 3. The highest BCUT2D eigenvalue weighted by Crippen LogP contribution is 2.31. The van der Waals surface area contributed by atoms with E-state index in [-0.39, 0.29) is 5.69 Å². The number of hydrogen-bond acceptors (Lipinski definition) is 3. The lowest BCUT2D eigenvalue weighted by molar-refractivity contribution is 0.0690. The van der Waals surface area contributed by atoms with E-state index < -0.39 is 5.97 Å². The van der Waals surface area contributed by atoms with Gasteiger partial charge in [-0.1, -0.05) is 23.7 Å². The molecule has 0 saturated heterocycles. The van der Waals surface area contributed by atoms with Gasteiger partial charge in [-0.05, 0) is 52.7 Å². The fourth-order valence-electron chi connectivity index (χ4n) is 2.25. The van der Waals surface area contributed by atoms with Crippen LogP contribution in [0.5, 0.6) is 0 Å². The van der Waals surface area contributed by atoms with Crippen molar-refractivity contribution in [3.05, 3.63) is 63.5 Å². The Morgan fingerprint density at radius 1 is 1.30 bits per heavy atom. The molecule has 0 unspecified atom stereocenters. The van der Waals surface area contributed by atoms with Gasteiger partial charge in [-0.2, -0.15) is 0 Å². The van der Waals surface area contributed by atoms with Crippen molar-refractivity contribution < 1.29 is 9.90 Å². The molecule has 0 fully saturated rings. The number of aryl methyl sites for hydroxylation is 1. The van der Waals surface area contributed by atoms with Gasteiger partial charge in [0, 0.05) is 11.2 Å². The lowest BCUT2D eigenvalue weighted by Gasteiger charge is -2.12. The fraction of sp³-hybridized carbons (Fsp3) is 0.0625. The Morgan fingerprint density at radius 3 is 2.74 bits per heavy atom. The van der Waals surface area contributed by atoms with E-state index in [9.17, 15) is 9.90 Å². The summed E-state index contributed by atoms with van der Waals surface area (Å²) < 4.78 is 2.04. The van der Waals surface area contributed by atoms with Gasteiger partial charge in [0.15, 0.2) is 11.5 Å². The predicted molar refractivity (Wildman–Crippen MR) is 91.2 cm³/mol. The molecule has 1 N–H and O–H groups in total. The quantitative estimate of drug-likeness (QED) is 0.719. The molecule has 23 heavy (non-hydrogen) atoms. The molecule has 0 radical (unpaired) electrons. The first-order valence-corrected chi connectivity index (χ1v) is 7.85. The summed E-state index contributed by atoms with van der Waals surface area (Å²) in [7, 11) is 0. The zero-order valence-corrected chi connectivity index (χ0v) is 14.3. The molecule has 0 amide bonds. The van der Waals surface area contributed by atoms with Crippen LogP contribution in [0.3, 0.4) is 0 Å². The number of aromatic nitrogens is 3. The fourth-order valence-corrected chi connectivity index (χ4v) is 3.03. The summed E-state index contributed by atoms with van der Waals surface area (Å²) in [5.74, 6) is -0.687. The minimum absolute atomic E-state index is 0.0787. The van der Waals surface area contributed by atoms with Crippen LogP contribution >= 0.6 is 27.5 Å². The van der Waals surface area contributed by atoms with Crippen LogP contribution in [-0.2, 0) is 0 Å². The average Bonchev–Trinajstić information content (AvgIpc) is 2.88. The number of nitrogens with zero attached hydrogens (tertiary/aromatic N) is 3. The van der Waals surface area contributed by atoms with Crippen molar-refractivity contribution in [2.45, 2.75) is 6.92 Å². The molecule has 0 atom stereocenters. The highest BCUT2D eigenvalue weighted by molar-refractivity contribution is 9.10. The molecule has 1 aromatic carbocycles. The maximum absolute atomic E-state index is 11.4. The topological polar surface area (TPSA) is 68.0 Å². The van der Waals surface area contributed by atoms with Crippen LogP contribution < -0.4 is 0 Å². The minimum atomic E-state index is -1.12. The Hall–Kier alpha value is -2.18. The highest BCUT2D eigenvalue weighted by atomic mass is 79.9. The molecule has 5 nitrogen and oxygen atoms in total. The number of benzene rings is 1. The van der Waals surface area contributed by atoms with Crippen molar-refractivity contribution in [3.8, 4) is 17.2 Å². The number of halogens is 2. The number of aromatic carboxylic acids is 1. The summed E-state index contributed by atoms with van der Waals surface area (Å²) in [6.07, 6.45) is 1.63. The first-order chi connectivity index (χ1) is 11.0. The molecule has 0 aliphatic rings. The van der Waals surface area contributed by atoms with E-state index in [4.69, 9.17) is 11.6 Å². The van der Waals surface area contributed by atoms with E-state index >= 15 is 0 Å². The molecule has 0 saturated carbocycles. The maximum Gasteiger partial charge on any atom is 0.357 e. The van der Waals surface area contributed by atoms with Crippen molar-refractivity contribution in [2.75, 3.05) is 0 Å². The van der Waals surface area contributed by atoms with Gasteiger partial charge in [0.2, 0.25) is 0 Å². The molecule has 0 aliphatic heterocycles. The third-order valence-electron chi connectivity index (χ3n) is 3.33. The Bertz CT molecular complexity index is 894. The summed E-state index contributed by atoms with van der Waals surface area (Å²) >= 11 is 9.45. The molecule has 116 valence electrons. The summed E-state index contributed by atoms with van der Waals surface area (Å²) in [5, 5.41) is 9.92. The zero-order valence-electron chi connectivity index (χ0n) is 12.0. The van der Waals surface area contributed by atoms with Crippen molar-refractivity contribution in [2.24, 2.45) is 0 Å². The smallest absolute Gasteiger partial charge is 0.357 e. The molecular weight excluding hydrogens is 382 g/mol. The number of carbonyl (C=O) groups is 1. The number of carboxylic acids is 1. The molecule has 2 aromatic heterocycles. The summed E-state index contributed by atoms with van der Waals surface area (Å²) in [5.41, 5.74) is 2.16. The van der Waals surface area contributed by atoms with Crippen molar-refractivity contribution >= 4 is 33.5 Å². The van der Waals surface area contributed by atoms with Gasteiger partial charge in [0.1, 0.15) is 10.3 Å². The van der Waals surface area contributed by atoms with Crippen LogP contribution in [-0.4, -0.2) is 25.6 Å². The SMILES string of the molecule is Cc1ccc(Cl)cc1-n1c(-c2ccccn2)nc(C(=O)O)c1Br. The molecule has 0 spiro atoms. The standard InChI is InChI=1S/C16H11BrClN3O2/c1-9-5-6-10(18)8-12(9)21-14(17)13(16(22)23)20-15(21)11-4-2-3-7-19-11/h2-8H,1H3,(H,22,23). The first-order valence-electron chi connectivity index (χ1n) is 6.68. The summed E-state index contributed by atoms with van der Waals surface area (Å²) in [4.78, 5) is 20.0. The molecule has 7 heteroatoms. The maximum atomic E-state index is 11.4. The normalized spacial score (nSPS) is 10.7. The van der Waals surface area contributed by atoms with E-state index in [0.29, 0.717) is 21.1 Å². The Morgan fingerprint density at radius 2 is 2.09 bits per heavy atom. The second kappa shape index (κ2) is 6.14.